The van der Waals surface area contributed by atoms with Crippen LogP contribution < -0.4 is 10.6 Å². The number of amides is 2. The third-order valence-corrected chi connectivity index (χ3v) is 3.87. The number of phenols is 1. The van der Waals surface area contributed by atoms with Crippen molar-refractivity contribution < 1.29 is 14.7 Å². The number of benzene rings is 3. The Balaban J connectivity index is 1.83. The molecule has 0 aliphatic carbocycles. The van der Waals surface area contributed by atoms with E-state index in [1.54, 1.807) is 43.3 Å². The van der Waals surface area contributed by atoms with Gasteiger partial charge in [-0.05, 0) is 48.0 Å². The molecule has 0 fully saturated rings. The Kier molecular flexibility index (Phi) is 4.71. The van der Waals surface area contributed by atoms with Crippen LogP contribution in [0, 0.1) is 0 Å². The van der Waals surface area contributed by atoms with Gasteiger partial charge < -0.3 is 15.7 Å². The highest BCUT2D eigenvalue weighted by Crippen LogP contribution is 2.26. The number of rotatable bonds is 4. The molecular formula is C21H18N2O3. The third kappa shape index (κ3) is 3.72. The molecule has 0 aliphatic heterocycles. The molecule has 2 amide bonds. The number of fused-ring (bicyclic) bond motifs is 1. The van der Waals surface area contributed by atoms with E-state index in [1.165, 1.54) is 0 Å². The maximum absolute atomic E-state index is 12.5. The predicted molar refractivity (Wildman–Crippen MR) is 103 cm³/mol. The molecule has 0 saturated heterocycles. The summed E-state index contributed by atoms with van der Waals surface area (Å²) in [7, 11) is 0. The Labute approximate surface area is 151 Å². The molecule has 3 aromatic carbocycles. The van der Waals surface area contributed by atoms with E-state index >= 15 is 0 Å². The van der Waals surface area contributed by atoms with Crippen LogP contribution in [0.5, 0.6) is 5.75 Å². The van der Waals surface area contributed by atoms with E-state index in [4.69, 9.17) is 0 Å². The first-order chi connectivity index (χ1) is 12.4. The summed E-state index contributed by atoms with van der Waals surface area (Å²) in [6.45, 7) is 5.20. The molecule has 3 aromatic rings. The van der Waals surface area contributed by atoms with Crippen LogP contribution in [0.3, 0.4) is 0 Å². The average molecular weight is 346 g/mol. The summed E-state index contributed by atoms with van der Waals surface area (Å²) in [6.07, 6.45) is 0. The molecule has 0 bridgehead atoms. The quantitative estimate of drug-likeness (QED) is 0.616. The van der Waals surface area contributed by atoms with Crippen LogP contribution in [-0.2, 0) is 4.79 Å². The number of carbonyl (C=O) groups excluding carboxylic acids is 2. The minimum Gasteiger partial charge on any atom is -0.507 e. The molecule has 3 N–H and O–H groups in total. The topological polar surface area (TPSA) is 78.4 Å². The molecule has 26 heavy (non-hydrogen) atoms. The second kappa shape index (κ2) is 7.11. The molecule has 130 valence electrons. The summed E-state index contributed by atoms with van der Waals surface area (Å²) < 4.78 is 0. The van der Waals surface area contributed by atoms with Gasteiger partial charge in [0.1, 0.15) is 5.75 Å². The number of nitrogens with one attached hydrogen (secondary N) is 2. The van der Waals surface area contributed by atoms with E-state index in [0.717, 1.165) is 10.8 Å². The Morgan fingerprint density at radius 1 is 0.885 bits per heavy atom. The second-order valence-electron chi connectivity index (χ2n) is 5.99. The standard InChI is InChI=1S/C21H18N2O3/c1-13(2)20(25)22-16-8-5-9-17(12-16)23-21(26)18-10-14-6-3-4-7-15(14)11-19(18)24/h3-12,24H,1H2,2H3,(H,22,25)(H,23,26). The van der Waals surface area contributed by atoms with E-state index in [2.05, 4.69) is 17.2 Å². The molecule has 0 unspecified atom stereocenters. The highest BCUT2D eigenvalue weighted by atomic mass is 16.3. The Bertz CT molecular complexity index is 1020. The minimum atomic E-state index is -0.434. The van der Waals surface area contributed by atoms with E-state index in [-0.39, 0.29) is 17.2 Å². The third-order valence-electron chi connectivity index (χ3n) is 3.87. The lowest BCUT2D eigenvalue weighted by atomic mass is 10.1. The normalized spacial score (nSPS) is 10.3. The van der Waals surface area contributed by atoms with Crippen molar-refractivity contribution in [2.45, 2.75) is 6.92 Å². The fourth-order valence-electron chi connectivity index (χ4n) is 2.52. The average Bonchev–Trinajstić information content (AvgIpc) is 2.61. The fraction of sp³-hybridized carbons (Fsp3) is 0.0476. The van der Waals surface area contributed by atoms with Crippen molar-refractivity contribution in [3.05, 3.63) is 78.4 Å². The maximum Gasteiger partial charge on any atom is 0.259 e. The highest BCUT2D eigenvalue weighted by Gasteiger charge is 2.13. The highest BCUT2D eigenvalue weighted by molar-refractivity contribution is 6.09. The largest absolute Gasteiger partial charge is 0.507 e. The van der Waals surface area contributed by atoms with Crippen molar-refractivity contribution >= 4 is 34.0 Å². The van der Waals surface area contributed by atoms with Gasteiger partial charge in [0.25, 0.3) is 11.8 Å². The predicted octanol–water partition coefficient (Wildman–Crippen LogP) is 4.31. The lowest BCUT2D eigenvalue weighted by Crippen LogP contribution is -2.14. The summed E-state index contributed by atoms with van der Waals surface area (Å²) >= 11 is 0. The summed E-state index contributed by atoms with van der Waals surface area (Å²) in [5.41, 5.74) is 1.61. The number of hydrogen-bond donors (Lipinski definition) is 3. The van der Waals surface area contributed by atoms with Gasteiger partial charge in [0.15, 0.2) is 0 Å². The van der Waals surface area contributed by atoms with Gasteiger partial charge in [-0.3, -0.25) is 9.59 Å². The number of aromatic hydroxyl groups is 1. The number of phenolic OH excluding ortho intramolecular Hbond substituents is 1. The van der Waals surface area contributed by atoms with Gasteiger partial charge in [-0.2, -0.15) is 0 Å². The Morgan fingerprint density at radius 3 is 2.15 bits per heavy atom. The van der Waals surface area contributed by atoms with Crippen molar-refractivity contribution in [1.82, 2.24) is 0 Å². The lowest BCUT2D eigenvalue weighted by Gasteiger charge is -2.10. The van der Waals surface area contributed by atoms with Crippen LogP contribution in [0.2, 0.25) is 0 Å². The zero-order chi connectivity index (χ0) is 18.7. The first-order valence-electron chi connectivity index (χ1n) is 8.04. The van der Waals surface area contributed by atoms with Gasteiger partial charge in [0.2, 0.25) is 0 Å². The number of carbonyl (C=O) groups is 2. The summed E-state index contributed by atoms with van der Waals surface area (Å²) in [4.78, 5) is 24.3. The van der Waals surface area contributed by atoms with Gasteiger partial charge in [-0.1, -0.05) is 36.9 Å². The van der Waals surface area contributed by atoms with Gasteiger partial charge in [0.05, 0.1) is 5.56 Å². The van der Waals surface area contributed by atoms with Crippen LogP contribution >= 0.6 is 0 Å². The molecule has 0 saturated carbocycles. The molecule has 0 atom stereocenters. The molecular weight excluding hydrogens is 328 g/mol. The van der Waals surface area contributed by atoms with E-state index in [0.29, 0.717) is 16.9 Å². The fourth-order valence-corrected chi connectivity index (χ4v) is 2.52. The van der Waals surface area contributed by atoms with Gasteiger partial charge in [-0.15, -0.1) is 0 Å². The summed E-state index contributed by atoms with van der Waals surface area (Å²) in [6, 6.07) is 17.4. The van der Waals surface area contributed by atoms with E-state index in [1.807, 2.05) is 24.3 Å². The van der Waals surface area contributed by atoms with Crippen molar-refractivity contribution in [3.63, 3.8) is 0 Å². The SMILES string of the molecule is C=C(C)C(=O)Nc1cccc(NC(=O)c2cc3ccccc3cc2O)c1. The molecule has 3 rings (SSSR count). The van der Waals surface area contributed by atoms with Crippen molar-refractivity contribution in [2.75, 3.05) is 10.6 Å². The first kappa shape index (κ1) is 17.2. The number of hydrogen-bond acceptors (Lipinski definition) is 3. The van der Waals surface area contributed by atoms with Crippen LogP contribution in [0.4, 0.5) is 11.4 Å². The molecule has 0 aromatic heterocycles. The number of anilines is 2. The van der Waals surface area contributed by atoms with Gasteiger partial charge >= 0.3 is 0 Å². The summed E-state index contributed by atoms with van der Waals surface area (Å²) in [5, 5.41) is 17.3. The molecule has 5 heteroatoms. The van der Waals surface area contributed by atoms with Crippen LogP contribution in [-0.4, -0.2) is 16.9 Å². The molecule has 0 spiro atoms. The molecule has 5 nitrogen and oxygen atoms in total. The molecule has 0 radical (unpaired) electrons. The van der Waals surface area contributed by atoms with Crippen LogP contribution in [0.15, 0.2) is 72.8 Å². The zero-order valence-corrected chi connectivity index (χ0v) is 14.2. The molecule has 0 heterocycles. The van der Waals surface area contributed by atoms with E-state index in [9.17, 15) is 14.7 Å². The maximum atomic E-state index is 12.5. The Hall–Kier alpha value is -3.60. The van der Waals surface area contributed by atoms with Crippen LogP contribution in [0.25, 0.3) is 10.8 Å². The molecule has 0 aliphatic rings. The van der Waals surface area contributed by atoms with Crippen molar-refractivity contribution in [1.29, 1.82) is 0 Å². The first-order valence-corrected chi connectivity index (χ1v) is 8.04. The van der Waals surface area contributed by atoms with Crippen LogP contribution in [0.1, 0.15) is 17.3 Å². The van der Waals surface area contributed by atoms with Gasteiger partial charge in [0, 0.05) is 16.9 Å². The van der Waals surface area contributed by atoms with Gasteiger partial charge in [-0.25, -0.2) is 0 Å². The van der Waals surface area contributed by atoms with E-state index < -0.39 is 5.91 Å². The van der Waals surface area contributed by atoms with Crippen molar-refractivity contribution in [2.24, 2.45) is 0 Å². The van der Waals surface area contributed by atoms with Crippen molar-refractivity contribution in [3.8, 4) is 5.75 Å². The summed E-state index contributed by atoms with van der Waals surface area (Å²) in [5.74, 6) is -0.815. The second-order valence-corrected chi connectivity index (χ2v) is 5.99. The smallest absolute Gasteiger partial charge is 0.259 e. The Morgan fingerprint density at radius 2 is 1.50 bits per heavy atom. The monoisotopic (exact) mass is 346 g/mol. The zero-order valence-electron chi connectivity index (χ0n) is 14.2. The minimum absolute atomic E-state index is 0.0899. The lowest BCUT2D eigenvalue weighted by molar-refractivity contribution is -0.112.